The first kappa shape index (κ1) is 20.9. The van der Waals surface area contributed by atoms with E-state index in [-0.39, 0.29) is 18.5 Å². The van der Waals surface area contributed by atoms with Gasteiger partial charge in [-0.15, -0.1) is 0 Å². The Morgan fingerprint density at radius 2 is 2.18 bits per heavy atom. The molecule has 2 heterocycles. The van der Waals surface area contributed by atoms with E-state index in [0.29, 0.717) is 27.5 Å². The number of anilines is 1. The lowest BCUT2D eigenvalue weighted by molar-refractivity contribution is -0.214. The topological polar surface area (TPSA) is 80.1 Å². The SMILES string of the molecule is COc1cc(N2CCN(OCn3nc(C(=O)O)c(Br)c3C)C(C)C2)ccc1Cl. The predicted molar refractivity (Wildman–Crippen MR) is 109 cm³/mol. The van der Waals surface area contributed by atoms with Crippen molar-refractivity contribution in [2.45, 2.75) is 26.6 Å². The maximum absolute atomic E-state index is 11.2. The summed E-state index contributed by atoms with van der Waals surface area (Å²) in [6.45, 7) is 6.26. The molecule has 0 radical (unpaired) electrons. The zero-order valence-corrected chi connectivity index (χ0v) is 18.2. The van der Waals surface area contributed by atoms with Crippen LogP contribution in [0.3, 0.4) is 0 Å². The van der Waals surface area contributed by atoms with Crippen LogP contribution in [-0.2, 0) is 11.6 Å². The fraction of sp³-hybridized carbons (Fsp3) is 0.444. The lowest BCUT2D eigenvalue weighted by Crippen LogP contribution is -2.51. The van der Waals surface area contributed by atoms with Gasteiger partial charge in [0.15, 0.2) is 12.4 Å². The van der Waals surface area contributed by atoms with Crippen LogP contribution in [0.5, 0.6) is 5.75 Å². The minimum atomic E-state index is -1.07. The summed E-state index contributed by atoms with van der Waals surface area (Å²) in [4.78, 5) is 19.4. The normalized spacial score (nSPS) is 17.8. The molecule has 1 unspecified atom stereocenters. The van der Waals surface area contributed by atoms with Gasteiger partial charge >= 0.3 is 5.97 Å². The summed E-state index contributed by atoms with van der Waals surface area (Å²) in [6, 6.07) is 5.88. The maximum atomic E-state index is 11.2. The van der Waals surface area contributed by atoms with E-state index in [1.807, 2.05) is 23.3 Å². The number of hydroxylamine groups is 2. The molecule has 0 aliphatic carbocycles. The molecule has 1 aromatic heterocycles. The largest absolute Gasteiger partial charge is 0.495 e. The van der Waals surface area contributed by atoms with E-state index in [4.69, 9.17) is 21.2 Å². The molecule has 0 saturated carbocycles. The monoisotopic (exact) mass is 472 g/mol. The molecule has 1 atom stereocenters. The number of hydrogen-bond donors (Lipinski definition) is 1. The Morgan fingerprint density at radius 3 is 2.79 bits per heavy atom. The Kier molecular flexibility index (Phi) is 6.49. The van der Waals surface area contributed by atoms with Crippen molar-refractivity contribution in [2.24, 2.45) is 0 Å². The van der Waals surface area contributed by atoms with Gasteiger partial charge in [0, 0.05) is 31.4 Å². The number of ether oxygens (including phenoxy) is 1. The van der Waals surface area contributed by atoms with Gasteiger partial charge < -0.3 is 14.7 Å². The fourth-order valence-electron chi connectivity index (χ4n) is 3.13. The number of benzene rings is 1. The molecule has 1 aliphatic rings. The zero-order valence-electron chi connectivity index (χ0n) is 15.9. The molecular formula is C18H22BrClN4O4. The van der Waals surface area contributed by atoms with E-state index >= 15 is 0 Å². The lowest BCUT2D eigenvalue weighted by Gasteiger charge is -2.40. The number of rotatable bonds is 6. The molecule has 152 valence electrons. The van der Waals surface area contributed by atoms with Crippen molar-refractivity contribution in [3.05, 3.63) is 39.1 Å². The maximum Gasteiger partial charge on any atom is 0.357 e. The number of carboxylic acid groups (broad SMARTS) is 1. The number of nitrogens with zero attached hydrogens (tertiary/aromatic N) is 4. The number of carboxylic acids is 1. The number of piperazine rings is 1. The smallest absolute Gasteiger partial charge is 0.357 e. The molecule has 1 saturated heterocycles. The summed E-state index contributed by atoms with van der Waals surface area (Å²) in [5.41, 5.74) is 1.73. The molecule has 28 heavy (non-hydrogen) atoms. The minimum Gasteiger partial charge on any atom is -0.495 e. The van der Waals surface area contributed by atoms with Gasteiger partial charge in [0.05, 0.1) is 28.3 Å². The van der Waals surface area contributed by atoms with Crippen LogP contribution < -0.4 is 9.64 Å². The molecule has 0 bridgehead atoms. The van der Waals surface area contributed by atoms with Crippen molar-refractivity contribution < 1.29 is 19.5 Å². The fourth-order valence-corrected chi connectivity index (χ4v) is 3.78. The molecule has 10 heteroatoms. The van der Waals surface area contributed by atoms with Crippen LogP contribution in [0.25, 0.3) is 0 Å². The molecule has 3 rings (SSSR count). The van der Waals surface area contributed by atoms with Crippen LogP contribution in [0, 0.1) is 6.92 Å². The van der Waals surface area contributed by atoms with Crippen molar-refractivity contribution in [2.75, 3.05) is 31.6 Å². The van der Waals surface area contributed by atoms with Crippen molar-refractivity contribution >= 4 is 39.2 Å². The summed E-state index contributed by atoms with van der Waals surface area (Å²) < 4.78 is 7.31. The number of aromatic carboxylic acids is 1. The Labute approximate surface area is 176 Å². The molecule has 1 fully saturated rings. The van der Waals surface area contributed by atoms with Crippen LogP contribution in [0.2, 0.25) is 5.02 Å². The average molecular weight is 474 g/mol. The molecule has 0 amide bonds. The average Bonchev–Trinajstić information content (AvgIpc) is 2.96. The second-order valence-electron chi connectivity index (χ2n) is 6.57. The molecule has 1 aliphatic heterocycles. The first-order valence-electron chi connectivity index (χ1n) is 8.76. The quantitative estimate of drug-likeness (QED) is 0.688. The van der Waals surface area contributed by atoms with Gasteiger partial charge in [-0.05, 0) is 41.9 Å². The van der Waals surface area contributed by atoms with Crippen LogP contribution >= 0.6 is 27.5 Å². The first-order chi connectivity index (χ1) is 13.3. The molecule has 0 spiro atoms. The molecule has 1 N–H and O–H groups in total. The third-order valence-corrected chi connectivity index (χ3v) is 6.01. The van der Waals surface area contributed by atoms with Crippen molar-refractivity contribution in [1.29, 1.82) is 0 Å². The molecular weight excluding hydrogens is 452 g/mol. The number of methoxy groups -OCH3 is 1. The third kappa shape index (κ3) is 4.27. The highest BCUT2D eigenvalue weighted by atomic mass is 79.9. The Morgan fingerprint density at radius 1 is 1.43 bits per heavy atom. The standard InChI is InChI=1S/C18H22BrClN4O4/c1-11-9-22(13-4-5-14(20)15(8-13)27-3)6-7-24(11)28-10-23-12(2)16(19)17(21-23)18(25)26/h4-5,8,11H,6-7,9-10H2,1-3H3,(H,25,26). The van der Waals surface area contributed by atoms with Gasteiger partial charge in [-0.3, -0.25) is 4.84 Å². The number of carbonyl (C=O) groups is 1. The predicted octanol–water partition coefficient (Wildman–Crippen LogP) is 3.41. The second kappa shape index (κ2) is 8.69. The Hall–Kier alpha value is -1.81. The summed E-state index contributed by atoms with van der Waals surface area (Å²) in [5.74, 6) is -0.423. The van der Waals surface area contributed by atoms with Gasteiger partial charge in [0.2, 0.25) is 0 Å². The molecule has 1 aromatic carbocycles. The van der Waals surface area contributed by atoms with E-state index in [9.17, 15) is 9.90 Å². The van der Waals surface area contributed by atoms with Crippen LogP contribution in [-0.4, -0.2) is 58.7 Å². The molecule has 8 nitrogen and oxygen atoms in total. The van der Waals surface area contributed by atoms with E-state index in [1.165, 1.54) is 4.68 Å². The summed E-state index contributed by atoms with van der Waals surface area (Å²) in [6.07, 6.45) is 0. The first-order valence-corrected chi connectivity index (χ1v) is 9.93. The summed E-state index contributed by atoms with van der Waals surface area (Å²) in [7, 11) is 1.60. The van der Waals surface area contributed by atoms with E-state index in [0.717, 1.165) is 18.8 Å². The molecule has 2 aromatic rings. The van der Waals surface area contributed by atoms with Crippen LogP contribution in [0.15, 0.2) is 22.7 Å². The Balaban J connectivity index is 1.62. The summed E-state index contributed by atoms with van der Waals surface area (Å²) in [5, 5.41) is 15.8. The van der Waals surface area contributed by atoms with Gasteiger partial charge in [-0.2, -0.15) is 10.2 Å². The number of hydrogen-bond acceptors (Lipinski definition) is 6. The third-order valence-electron chi connectivity index (χ3n) is 4.75. The van der Waals surface area contributed by atoms with Crippen molar-refractivity contribution in [3.8, 4) is 5.75 Å². The zero-order chi connectivity index (χ0) is 20.4. The van der Waals surface area contributed by atoms with Crippen LogP contribution in [0.1, 0.15) is 23.1 Å². The highest BCUT2D eigenvalue weighted by Crippen LogP contribution is 2.30. The van der Waals surface area contributed by atoms with E-state index in [2.05, 4.69) is 32.9 Å². The van der Waals surface area contributed by atoms with Gasteiger partial charge in [0.25, 0.3) is 0 Å². The second-order valence-corrected chi connectivity index (χ2v) is 7.77. The van der Waals surface area contributed by atoms with Crippen LogP contribution in [0.4, 0.5) is 5.69 Å². The summed E-state index contributed by atoms with van der Waals surface area (Å²) >= 11 is 9.38. The Bertz CT molecular complexity index is 876. The van der Waals surface area contributed by atoms with E-state index < -0.39 is 5.97 Å². The highest BCUT2D eigenvalue weighted by molar-refractivity contribution is 9.10. The van der Waals surface area contributed by atoms with Gasteiger partial charge in [0.1, 0.15) is 5.75 Å². The van der Waals surface area contributed by atoms with E-state index in [1.54, 1.807) is 14.0 Å². The van der Waals surface area contributed by atoms with Crippen molar-refractivity contribution in [3.63, 3.8) is 0 Å². The highest BCUT2D eigenvalue weighted by Gasteiger charge is 2.26. The van der Waals surface area contributed by atoms with Gasteiger partial charge in [-0.1, -0.05) is 11.6 Å². The number of aromatic nitrogens is 2. The van der Waals surface area contributed by atoms with Crippen molar-refractivity contribution in [1.82, 2.24) is 14.8 Å². The minimum absolute atomic E-state index is 0.0179. The lowest BCUT2D eigenvalue weighted by atomic mass is 10.2. The number of halogens is 2. The van der Waals surface area contributed by atoms with Gasteiger partial charge in [-0.25, -0.2) is 9.48 Å².